The molecule has 0 aromatic heterocycles. The van der Waals surface area contributed by atoms with E-state index in [1.54, 1.807) is 13.8 Å². The van der Waals surface area contributed by atoms with E-state index in [1.807, 2.05) is 0 Å². The third kappa shape index (κ3) is 8.34. The average molecular weight is 238 g/mol. The van der Waals surface area contributed by atoms with Crippen LogP contribution in [0.25, 0.3) is 0 Å². The molecule has 0 bridgehead atoms. The van der Waals surface area contributed by atoms with Gasteiger partial charge in [-0.15, -0.1) is 0 Å². The zero-order chi connectivity index (χ0) is 11.7. The van der Waals surface area contributed by atoms with Crippen LogP contribution in [0, 0.1) is 0 Å². The van der Waals surface area contributed by atoms with E-state index >= 15 is 0 Å². The molecule has 0 spiro atoms. The van der Waals surface area contributed by atoms with Crippen LogP contribution in [0.2, 0.25) is 0 Å². The number of rotatable bonds is 8. The summed E-state index contributed by atoms with van der Waals surface area (Å²) >= 11 is 0. The first-order valence-electron chi connectivity index (χ1n) is 4.91. The number of carbonyl (C=O) groups excluding carboxylic acids is 1. The Morgan fingerprint density at radius 3 is 2.47 bits per heavy atom. The van der Waals surface area contributed by atoms with E-state index in [1.165, 1.54) is 0 Å². The molecular weight excluding hydrogens is 220 g/mol. The van der Waals surface area contributed by atoms with Gasteiger partial charge in [0.05, 0.1) is 6.61 Å². The van der Waals surface area contributed by atoms with E-state index in [4.69, 9.17) is 0 Å². The first-order valence-corrected chi connectivity index (χ1v) is 6.40. The van der Waals surface area contributed by atoms with Crippen molar-refractivity contribution in [1.29, 1.82) is 0 Å². The summed E-state index contributed by atoms with van der Waals surface area (Å²) in [7, 11) is -3.39. The van der Waals surface area contributed by atoms with Gasteiger partial charge in [-0.2, -0.15) is 8.42 Å². The Hall–Kier alpha value is -0.660. The van der Waals surface area contributed by atoms with Crippen molar-refractivity contribution in [3.05, 3.63) is 0 Å². The summed E-state index contributed by atoms with van der Waals surface area (Å²) in [4.78, 5) is 10.9. The van der Waals surface area contributed by atoms with Crippen molar-refractivity contribution in [3.63, 3.8) is 0 Å². The van der Waals surface area contributed by atoms with Gasteiger partial charge >= 0.3 is 5.97 Å². The van der Waals surface area contributed by atoms with Crippen LogP contribution in [0.4, 0.5) is 0 Å². The lowest BCUT2D eigenvalue weighted by molar-refractivity contribution is -0.143. The Balaban J connectivity index is 3.58. The lowest BCUT2D eigenvalue weighted by atomic mass is 10.3. The van der Waals surface area contributed by atoms with E-state index in [0.717, 1.165) is 0 Å². The molecular formula is C8H18N2O4S. The summed E-state index contributed by atoms with van der Waals surface area (Å²) in [5.41, 5.74) is 0. The lowest BCUT2D eigenvalue weighted by Gasteiger charge is -2.05. The summed E-state index contributed by atoms with van der Waals surface area (Å²) in [5.74, 6) is -0.305. The Morgan fingerprint density at radius 1 is 1.27 bits per heavy atom. The first kappa shape index (κ1) is 14.3. The van der Waals surface area contributed by atoms with Gasteiger partial charge in [-0.05, 0) is 13.3 Å². The van der Waals surface area contributed by atoms with Gasteiger partial charge in [0, 0.05) is 19.5 Å². The molecule has 90 valence electrons. The van der Waals surface area contributed by atoms with E-state index < -0.39 is 10.2 Å². The minimum absolute atomic E-state index is 0.225. The zero-order valence-corrected chi connectivity index (χ0v) is 9.89. The Bertz CT molecular complexity index is 276. The van der Waals surface area contributed by atoms with Gasteiger partial charge < -0.3 is 4.74 Å². The van der Waals surface area contributed by atoms with Crippen molar-refractivity contribution >= 4 is 16.2 Å². The maximum absolute atomic E-state index is 11.1. The standard InChI is InChI=1S/C8H18N2O4S/c1-3-9-15(12,13)10-7-5-6-8(11)14-4-2/h9-10H,3-7H2,1-2H3. The molecule has 0 radical (unpaired) electrons. The average Bonchev–Trinajstić information content (AvgIpc) is 2.13. The second-order valence-corrected chi connectivity index (χ2v) is 4.39. The SMILES string of the molecule is CCNS(=O)(=O)NCCCC(=O)OCC. The van der Waals surface area contributed by atoms with Gasteiger partial charge in [0.2, 0.25) is 0 Å². The Morgan fingerprint density at radius 2 is 1.93 bits per heavy atom. The number of esters is 1. The van der Waals surface area contributed by atoms with Gasteiger partial charge in [0.25, 0.3) is 10.2 Å². The summed E-state index contributed by atoms with van der Waals surface area (Å²) in [5, 5.41) is 0. The summed E-state index contributed by atoms with van der Waals surface area (Å²) < 4.78 is 31.4. The largest absolute Gasteiger partial charge is 0.466 e. The smallest absolute Gasteiger partial charge is 0.305 e. The fourth-order valence-electron chi connectivity index (χ4n) is 0.913. The molecule has 0 heterocycles. The van der Waals surface area contributed by atoms with Crippen LogP contribution in [-0.2, 0) is 19.7 Å². The second kappa shape index (κ2) is 7.61. The molecule has 2 N–H and O–H groups in total. The van der Waals surface area contributed by atoms with Gasteiger partial charge in [0.1, 0.15) is 0 Å². The number of hydrogen-bond donors (Lipinski definition) is 2. The monoisotopic (exact) mass is 238 g/mol. The summed E-state index contributed by atoms with van der Waals surface area (Å²) in [6.07, 6.45) is 0.659. The number of carbonyl (C=O) groups is 1. The number of ether oxygens (including phenoxy) is 1. The molecule has 6 nitrogen and oxygen atoms in total. The highest BCUT2D eigenvalue weighted by atomic mass is 32.2. The van der Waals surface area contributed by atoms with E-state index in [9.17, 15) is 13.2 Å². The molecule has 0 aliphatic carbocycles. The van der Waals surface area contributed by atoms with Gasteiger partial charge in [0.15, 0.2) is 0 Å². The van der Waals surface area contributed by atoms with Crippen LogP contribution >= 0.6 is 0 Å². The minimum Gasteiger partial charge on any atom is -0.466 e. The van der Waals surface area contributed by atoms with E-state index in [0.29, 0.717) is 19.6 Å². The van der Waals surface area contributed by atoms with Crippen LogP contribution < -0.4 is 9.44 Å². The molecule has 0 aliphatic rings. The van der Waals surface area contributed by atoms with Crippen LogP contribution in [0.3, 0.4) is 0 Å². The molecule has 0 aliphatic heterocycles. The molecule has 0 atom stereocenters. The topological polar surface area (TPSA) is 84.5 Å². The maximum atomic E-state index is 11.1. The molecule has 0 aromatic rings. The van der Waals surface area contributed by atoms with Crippen molar-refractivity contribution in [2.45, 2.75) is 26.7 Å². The van der Waals surface area contributed by atoms with Crippen molar-refractivity contribution < 1.29 is 17.9 Å². The van der Waals surface area contributed by atoms with Crippen LogP contribution in [-0.4, -0.2) is 34.1 Å². The summed E-state index contributed by atoms with van der Waals surface area (Å²) in [6.45, 7) is 4.34. The predicted molar refractivity (Wildman–Crippen MR) is 56.5 cm³/mol. The molecule has 0 fully saturated rings. The molecule has 7 heteroatoms. The minimum atomic E-state index is -3.39. The van der Waals surface area contributed by atoms with Gasteiger partial charge in [-0.3, -0.25) is 4.79 Å². The summed E-state index contributed by atoms with van der Waals surface area (Å²) in [6, 6.07) is 0. The van der Waals surface area contributed by atoms with Crippen molar-refractivity contribution in [3.8, 4) is 0 Å². The lowest BCUT2D eigenvalue weighted by Crippen LogP contribution is -2.36. The molecule has 0 saturated heterocycles. The fourth-order valence-corrected chi connectivity index (χ4v) is 1.81. The van der Waals surface area contributed by atoms with E-state index in [-0.39, 0.29) is 18.9 Å². The Kier molecular flexibility index (Phi) is 7.27. The molecule has 0 amide bonds. The fraction of sp³-hybridized carbons (Fsp3) is 0.875. The molecule has 15 heavy (non-hydrogen) atoms. The highest BCUT2D eigenvalue weighted by Crippen LogP contribution is 1.91. The van der Waals surface area contributed by atoms with E-state index in [2.05, 4.69) is 14.2 Å². The third-order valence-electron chi connectivity index (χ3n) is 1.49. The second-order valence-electron chi connectivity index (χ2n) is 2.80. The van der Waals surface area contributed by atoms with Crippen LogP contribution in [0.15, 0.2) is 0 Å². The van der Waals surface area contributed by atoms with Crippen LogP contribution in [0.1, 0.15) is 26.7 Å². The van der Waals surface area contributed by atoms with Crippen molar-refractivity contribution in [1.82, 2.24) is 9.44 Å². The number of nitrogens with one attached hydrogen (secondary N) is 2. The third-order valence-corrected chi connectivity index (χ3v) is 2.74. The number of hydrogen-bond acceptors (Lipinski definition) is 4. The molecule has 0 unspecified atom stereocenters. The molecule has 0 saturated carbocycles. The zero-order valence-electron chi connectivity index (χ0n) is 9.08. The van der Waals surface area contributed by atoms with Gasteiger partial charge in [-0.25, -0.2) is 9.44 Å². The van der Waals surface area contributed by atoms with Crippen molar-refractivity contribution in [2.24, 2.45) is 0 Å². The molecule has 0 aromatic carbocycles. The van der Waals surface area contributed by atoms with Gasteiger partial charge in [-0.1, -0.05) is 6.92 Å². The maximum Gasteiger partial charge on any atom is 0.305 e. The predicted octanol–water partition coefficient (Wildman–Crippen LogP) is -0.226. The first-order chi connectivity index (χ1) is 7.02. The highest BCUT2D eigenvalue weighted by molar-refractivity contribution is 7.87. The quantitative estimate of drug-likeness (QED) is 0.452. The molecule has 0 rings (SSSR count). The van der Waals surface area contributed by atoms with Crippen LogP contribution in [0.5, 0.6) is 0 Å². The van der Waals surface area contributed by atoms with Crippen molar-refractivity contribution in [2.75, 3.05) is 19.7 Å². The Labute approximate surface area is 90.6 Å². The highest BCUT2D eigenvalue weighted by Gasteiger charge is 2.07. The normalized spacial score (nSPS) is 11.3.